The predicted molar refractivity (Wildman–Crippen MR) is 83.0 cm³/mol. The van der Waals surface area contributed by atoms with Crippen LogP contribution in [0.3, 0.4) is 0 Å². The van der Waals surface area contributed by atoms with Crippen LogP contribution in [0.15, 0.2) is 61.7 Å². The van der Waals surface area contributed by atoms with E-state index >= 15 is 0 Å². The molecular formula is C18H18O2. The van der Waals surface area contributed by atoms with Crippen LogP contribution < -0.4 is 0 Å². The van der Waals surface area contributed by atoms with E-state index in [9.17, 15) is 10.2 Å². The van der Waals surface area contributed by atoms with Gasteiger partial charge in [-0.15, -0.1) is 13.2 Å². The Bertz CT molecular complexity index is 625. The molecule has 102 valence electrons. The van der Waals surface area contributed by atoms with E-state index in [1.54, 1.807) is 30.3 Å². The topological polar surface area (TPSA) is 40.5 Å². The molecule has 0 aromatic heterocycles. The van der Waals surface area contributed by atoms with E-state index in [4.69, 9.17) is 0 Å². The van der Waals surface area contributed by atoms with E-state index in [1.165, 1.54) is 0 Å². The smallest absolute Gasteiger partial charge is 0.123 e. The molecule has 0 bridgehead atoms. The van der Waals surface area contributed by atoms with Crippen molar-refractivity contribution in [2.75, 3.05) is 0 Å². The van der Waals surface area contributed by atoms with Crippen LogP contribution in [0.5, 0.6) is 11.5 Å². The fourth-order valence-electron chi connectivity index (χ4n) is 2.35. The number of aromatic hydroxyl groups is 2. The third-order valence-corrected chi connectivity index (χ3v) is 3.26. The summed E-state index contributed by atoms with van der Waals surface area (Å²) >= 11 is 0. The van der Waals surface area contributed by atoms with Crippen molar-refractivity contribution in [1.82, 2.24) is 0 Å². The van der Waals surface area contributed by atoms with Crippen molar-refractivity contribution in [3.05, 3.63) is 72.8 Å². The second kappa shape index (κ2) is 6.11. The van der Waals surface area contributed by atoms with Gasteiger partial charge in [0.2, 0.25) is 0 Å². The summed E-state index contributed by atoms with van der Waals surface area (Å²) in [6.45, 7) is 7.56. The molecule has 2 nitrogen and oxygen atoms in total. The summed E-state index contributed by atoms with van der Waals surface area (Å²) in [5, 5.41) is 19.6. The maximum absolute atomic E-state index is 10.2. The van der Waals surface area contributed by atoms with E-state index in [1.807, 2.05) is 18.2 Å². The highest BCUT2D eigenvalue weighted by atomic mass is 16.3. The van der Waals surface area contributed by atoms with Gasteiger partial charge in [-0.1, -0.05) is 30.4 Å². The van der Waals surface area contributed by atoms with Gasteiger partial charge < -0.3 is 10.2 Å². The molecule has 2 heteroatoms. The van der Waals surface area contributed by atoms with E-state index < -0.39 is 0 Å². The van der Waals surface area contributed by atoms with E-state index in [0.717, 1.165) is 28.7 Å². The zero-order valence-electron chi connectivity index (χ0n) is 11.3. The fraction of sp³-hybridized carbons (Fsp3) is 0.111. The van der Waals surface area contributed by atoms with Crippen LogP contribution in [0.4, 0.5) is 0 Å². The summed E-state index contributed by atoms with van der Waals surface area (Å²) < 4.78 is 0. The molecule has 2 aromatic carbocycles. The lowest BCUT2D eigenvalue weighted by atomic mass is 9.91. The standard InChI is InChI=1S/C18H18O2/c1-3-5-13-9-12-17(20)18(16(13)6-4-2)14-7-10-15(19)11-8-14/h3-4,7-12,19-20H,1-2,5-6H2. The number of rotatable bonds is 5. The first-order valence-corrected chi connectivity index (χ1v) is 6.52. The number of phenolic OH excluding ortho intramolecular Hbond substituents is 2. The first-order valence-electron chi connectivity index (χ1n) is 6.52. The van der Waals surface area contributed by atoms with Crippen molar-refractivity contribution in [2.24, 2.45) is 0 Å². The molecule has 0 saturated heterocycles. The third-order valence-electron chi connectivity index (χ3n) is 3.26. The van der Waals surface area contributed by atoms with Gasteiger partial charge in [0.1, 0.15) is 11.5 Å². The van der Waals surface area contributed by atoms with Gasteiger partial charge in [-0.05, 0) is 47.7 Å². The lowest BCUT2D eigenvalue weighted by Gasteiger charge is -2.15. The Hall–Kier alpha value is -2.48. The second-order valence-corrected chi connectivity index (χ2v) is 4.63. The lowest BCUT2D eigenvalue weighted by molar-refractivity contribution is 0.474. The molecule has 0 aliphatic rings. The Kier molecular flexibility index (Phi) is 4.26. The Labute approximate surface area is 119 Å². The van der Waals surface area contributed by atoms with Crippen LogP contribution in [0.25, 0.3) is 11.1 Å². The maximum atomic E-state index is 10.2. The highest BCUT2D eigenvalue weighted by Crippen LogP contribution is 2.36. The number of allylic oxidation sites excluding steroid dienone is 2. The fourth-order valence-corrected chi connectivity index (χ4v) is 2.35. The molecule has 0 heterocycles. The molecule has 0 amide bonds. The first kappa shape index (κ1) is 13.9. The summed E-state index contributed by atoms with van der Waals surface area (Å²) in [6, 6.07) is 10.5. The molecule has 0 spiro atoms. The van der Waals surface area contributed by atoms with Crippen LogP contribution in [0, 0.1) is 0 Å². The molecule has 0 aliphatic heterocycles. The Morgan fingerprint density at radius 3 is 2.10 bits per heavy atom. The van der Waals surface area contributed by atoms with Gasteiger partial charge in [0.15, 0.2) is 0 Å². The monoisotopic (exact) mass is 266 g/mol. The van der Waals surface area contributed by atoms with Crippen LogP contribution in [0.1, 0.15) is 11.1 Å². The lowest BCUT2D eigenvalue weighted by Crippen LogP contribution is -1.96. The molecular weight excluding hydrogens is 248 g/mol. The van der Waals surface area contributed by atoms with Gasteiger partial charge >= 0.3 is 0 Å². The summed E-state index contributed by atoms with van der Waals surface area (Å²) in [4.78, 5) is 0. The molecule has 2 rings (SSSR count). The number of benzene rings is 2. The van der Waals surface area contributed by atoms with Crippen LogP contribution in [-0.2, 0) is 12.8 Å². The summed E-state index contributed by atoms with van der Waals surface area (Å²) in [5.74, 6) is 0.445. The molecule has 0 atom stereocenters. The van der Waals surface area contributed by atoms with Gasteiger partial charge in [0, 0.05) is 5.56 Å². The summed E-state index contributed by atoms with van der Waals surface area (Å²) in [7, 11) is 0. The minimum atomic E-state index is 0.209. The van der Waals surface area contributed by atoms with Crippen molar-refractivity contribution in [2.45, 2.75) is 12.8 Å². The summed E-state index contributed by atoms with van der Waals surface area (Å²) in [5.41, 5.74) is 3.85. The molecule has 2 aromatic rings. The largest absolute Gasteiger partial charge is 0.508 e. The Balaban J connectivity index is 2.65. The van der Waals surface area contributed by atoms with Gasteiger partial charge in [-0.2, -0.15) is 0 Å². The molecule has 0 aliphatic carbocycles. The van der Waals surface area contributed by atoms with Crippen LogP contribution in [0.2, 0.25) is 0 Å². The van der Waals surface area contributed by atoms with E-state index in [-0.39, 0.29) is 11.5 Å². The quantitative estimate of drug-likeness (QED) is 0.795. The van der Waals surface area contributed by atoms with Gasteiger partial charge in [-0.25, -0.2) is 0 Å². The van der Waals surface area contributed by atoms with Crippen molar-refractivity contribution < 1.29 is 10.2 Å². The van der Waals surface area contributed by atoms with Crippen molar-refractivity contribution in [1.29, 1.82) is 0 Å². The first-order chi connectivity index (χ1) is 9.67. The SMILES string of the molecule is C=CCc1ccc(O)c(-c2ccc(O)cc2)c1CC=C. The average molecular weight is 266 g/mol. The molecule has 0 saturated carbocycles. The molecule has 20 heavy (non-hydrogen) atoms. The second-order valence-electron chi connectivity index (χ2n) is 4.63. The number of phenols is 2. The van der Waals surface area contributed by atoms with E-state index in [2.05, 4.69) is 13.2 Å². The minimum Gasteiger partial charge on any atom is -0.508 e. The summed E-state index contributed by atoms with van der Waals surface area (Å²) in [6.07, 6.45) is 5.09. The zero-order chi connectivity index (χ0) is 14.5. The molecule has 0 fully saturated rings. The number of hydrogen-bond donors (Lipinski definition) is 2. The van der Waals surface area contributed by atoms with Crippen molar-refractivity contribution in [3.8, 4) is 22.6 Å². The van der Waals surface area contributed by atoms with Crippen LogP contribution >= 0.6 is 0 Å². The molecule has 2 N–H and O–H groups in total. The predicted octanol–water partition coefficient (Wildman–Crippen LogP) is 4.22. The highest BCUT2D eigenvalue weighted by Gasteiger charge is 2.13. The van der Waals surface area contributed by atoms with Gasteiger partial charge in [-0.3, -0.25) is 0 Å². The Morgan fingerprint density at radius 2 is 1.50 bits per heavy atom. The zero-order valence-corrected chi connectivity index (χ0v) is 11.3. The molecule has 0 unspecified atom stereocenters. The molecule has 0 radical (unpaired) electrons. The highest BCUT2D eigenvalue weighted by molar-refractivity contribution is 5.75. The van der Waals surface area contributed by atoms with E-state index in [0.29, 0.717) is 6.42 Å². The average Bonchev–Trinajstić information content (AvgIpc) is 2.44. The van der Waals surface area contributed by atoms with Crippen molar-refractivity contribution in [3.63, 3.8) is 0 Å². The normalized spacial score (nSPS) is 10.2. The van der Waals surface area contributed by atoms with Gasteiger partial charge in [0.25, 0.3) is 0 Å². The maximum Gasteiger partial charge on any atom is 0.123 e. The van der Waals surface area contributed by atoms with Gasteiger partial charge in [0.05, 0.1) is 0 Å². The minimum absolute atomic E-state index is 0.209. The van der Waals surface area contributed by atoms with Crippen LogP contribution in [-0.4, -0.2) is 10.2 Å². The Morgan fingerprint density at radius 1 is 0.850 bits per heavy atom. The van der Waals surface area contributed by atoms with Crippen molar-refractivity contribution >= 4 is 0 Å². The number of hydrogen-bond acceptors (Lipinski definition) is 2. The third kappa shape index (κ3) is 2.75.